The van der Waals surface area contributed by atoms with Crippen LogP contribution in [-0.2, 0) is 35.6 Å². The minimum absolute atomic E-state index is 0.184. The zero-order chi connectivity index (χ0) is 36.7. The predicted octanol–water partition coefficient (Wildman–Crippen LogP) is 8.56. The van der Waals surface area contributed by atoms with E-state index >= 15 is 0 Å². The summed E-state index contributed by atoms with van der Waals surface area (Å²) in [5, 5.41) is 10.7. The third-order valence-corrected chi connectivity index (χ3v) is 11.0. The summed E-state index contributed by atoms with van der Waals surface area (Å²) in [7, 11) is 0. The van der Waals surface area contributed by atoms with Crippen LogP contribution in [0.15, 0.2) is 36.4 Å². The Kier molecular flexibility index (Phi) is 10.9. The number of carboxylic acids is 1. The Morgan fingerprint density at radius 3 is 2.43 bits per heavy atom. The minimum Gasteiger partial charge on any atom is -0.479 e. The van der Waals surface area contributed by atoms with Gasteiger partial charge in [-0.3, -0.25) is 14.8 Å². The minimum atomic E-state index is -1.21. The number of halogens is 2. The first-order valence-corrected chi connectivity index (χ1v) is 18.7. The van der Waals surface area contributed by atoms with Gasteiger partial charge in [-0.25, -0.2) is 13.6 Å². The average Bonchev–Trinajstić information content (AvgIpc) is 3.04. The number of aliphatic carboxylic acids is 1. The van der Waals surface area contributed by atoms with Gasteiger partial charge in [0, 0.05) is 62.6 Å². The van der Waals surface area contributed by atoms with E-state index in [0.29, 0.717) is 30.8 Å². The van der Waals surface area contributed by atoms with Crippen molar-refractivity contribution < 1.29 is 23.4 Å². The highest BCUT2D eigenvalue weighted by molar-refractivity contribution is 5.88. The van der Waals surface area contributed by atoms with Gasteiger partial charge in [-0.2, -0.15) is 0 Å². The van der Waals surface area contributed by atoms with E-state index in [1.165, 1.54) is 17.2 Å². The molecule has 2 saturated heterocycles. The third-order valence-electron chi connectivity index (χ3n) is 11.0. The summed E-state index contributed by atoms with van der Waals surface area (Å²) in [6.07, 6.45) is 2.12. The molecule has 51 heavy (non-hydrogen) atoms. The monoisotopic (exact) mass is 702 g/mol. The molecule has 2 atom stereocenters. The number of likely N-dealkylation sites (tertiary alicyclic amines) is 1. The molecule has 2 unspecified atom stereocenters. The summed E-state index contributed by atoms with van der Waals surface area (Å²) in [5.74, 6) is -1.25. The summed E-state index contributed by atoms with van der Waals surface area (Å²) >= 11 is 0. The van der Waals surface area contributed by atoms with Crippen molar-refractivity contribution in [3.63, 3.8) is 0 Å². The molecule has 276 valence electrons. The van der Waals surface area contributed by atoms with Crippen molar-refractivity contribution in [2.24, 2.45) is 5.41 Å². The predicted molar refractivity (Wildman–Crippen MR) is 199 cm³/mol. The van der Waals surface area contributed by atoms with Crippen LogP contribution in [-0.4, -0.2) is 70.4 Å². The highest BCUT2D eigenvalue weighted by atomic mass is 19.1. The summed E-state index contributed by atoms with van der Waals surface area (Å²) in [6.45, 7) is 19.8. The summed E-state index contributed by atoms with van der Waals surface area (Å²) in [5.41, 5.74) is 9.03. The second kappa shape index (κ2) is 14.9. The number of ether oxygens (including phenoxy) is 1. The number of pyridine rings is 1. The number of rotatable bonds is 9. The molecule has 1 N–H and O–H groups in total. The van der Waals surface area contributed by atoms with Crippen molar-refractivity contribution >= 4 is 11.7 Å². The highest BCUT2D eigenvalue weighted by Crippen LogP contribution is 2.46. The van der Waals surface area contributed by atoms with E-state index in [2.05, 4.69) is 46.7 Å². The molecule has 0 spiro atoms. The Hall–Kier alpha value is -3.40. The Bertz CT molecular complexity index is 1740. The summed E-state index contributed by atoms with van der Waals surface area (Å²) in [4.78, 5) is 25.2. The van der Waals surface area contributed by atoms with E-state index < -0.39 is 23.8 Å². The van der Waals surface area contributed by atoms with Crippen LogP contribution in [0.5, 0.6) is 0 Å². The molecule has 0 saturated carbocycles. The molecule has 0 bridgehead atoms. The molecule has 6 rings (SSSR count). The van der Waals surface area contributed by atoms with Crippen molar-refractivity contribution in [3.05, 3.63) is 81.4 Å². The van der Waals surface area contributed by atoms with E-state index in [-0.39, 0.29) is 11.2 Å². The van der Waals surface area contributed by atoms with Crippen molar-refractivity contribution in [1.82, 2.24) is 14.8 Å². The first kappa shape index (κ1) is 37.4. The van der Waals surface area contributed by atoms with Crippen LogP contribution < -0.4 is 4.90 Å². The fraction of sp³-hybridized carbons (Fsp3) is 0.571. The van der Waals surface area contributed by atoms with E-state index in [1.807, 2.05) is 40.7 Å². The van der Waals surface area contributed by atoms with Crippen LogP contribution in [0.2, 0.25) is 0 Å². The lowest BCUT2D eigenvalue weighted by Gasteiger charge is -2.41. The SMILES string of the molecule is Cc1cc(F)ccc1CN1CCc2cc(-c3c(CN4CCCC(F)C4)nc(C)c(C(OC(C)(C)C)C(=O)O)c3N3CCC(C)(C)CC3)ccc2C1. The topological polar surface area (TPSA) is 69.1 Å². The molecular weight excluding hydrogens is 646 g/mol. The van der Waals surface area contributed by atoms with Gasteiger partial charge in [0.1, 0.15) is 12.0 Å². The average molecular weight is 703 g/mol. The smallest absolute Gasteiger partial charge is 0.337 e. The van der Waals surface area contributed by atoms with Crippen LogP contribution in [0.1, 0.15) is 106 Å². The fourth-order valence-electron chi connectivity index (χ4n) is 8.08. The lowest BCUT2D eigenvalue weighted by atomic mass is 9.81. The molecule has 1 aromatic heterocycles. The molecular formula is C42H56F2N4O3. The maximum Gasteiger partial charge on any atom is 0.337 e. The van der Waals surface area contributed by atoms with E-state index in [9.17, 15) is 18.7 Å². The van der Waals surface area contributed by atoms with Crippen molar-refractivity contribution in [3.8, 4) is 11.1 Å². The number of carbonyl (C=O) groups is 1. The number of aromatic nitrogens is 1. The quantitative estimate of drug-likeness (QED) is 0.240. The molecule has 9 heteroatoms. The van der Waals surface area contributed by atoms with Gasteiger partial charge in [-0.1, -0.05) is 38.1 Å². The Morgan fingerprint density at radius 2 is 1.76 bits per heavy atom. The molecule has 0 amide bonds. The van der Waals surface area contributed by atoms with Gasteiger partial charge in [0.05, 0.1) is 17.0 Å². The lowest BCUT2D eigenvalue weighted by Crippen LogP contribution is -2.40. The van der Waals surface area contributed by atoms with Gasteiger partial charge in [-0.15, -0.1) is 0 Å². The molecule has 0 aliphatic carbocycles. The summed E-state index contributed by atoms with van der Waals surface area (Å²) in [6, 6.07) is 11.7. The van der Waals surface area contributed by atoms with E-state index in [0.717, 1.165) is 98.6 Å². The number of aryl methyl sites for hydroxylation is 2. The molecule has 0 radical (unpaired) electrons. The number of hydrogen-bond donors (Lipinski definition) is 1. The molecule has 7 nitrogen and oxygen atoms in total. The maximum atomic E-state index is 14.7. The van der Waals surface area contributed by atoms with Crippen molar-refractivity contribution in [2.45, 2.75) is 118 Å². The fourth-order valence-corrected chi connectivity index (χ4v) is 8.08. The molecule has 4 heterocycles. The molecule has 3 aliphatic heterocycles. The molecule has 2 fully saturated rings. The van der Waals surface area contributed by atoms with Gasteiger partial charge < -0.3 is 14.7 Å². The zero-order valence-corrected chi connectivity index (χ0v) is 31.6. The third kappa shape index (κ3) is 8.81. The van der Waals surface area contributed by atoms with Crippen LogP contribution in [0.3, 0.4) is 0 Å². The van der Waals surface area contributed by atoms with Crippen LogP contribution in [0.4, 0.5) is 14.5 Å². The zero-order valence-electron chi connectivity index (χ0n) is 31.6. The highest BCUT2D eigenvalue weighted by Gasteiger charge is 2.37. The first-order valence-electron chi connectivity index (χ1n) is 18.7. The normalized spacial score (nSPS) is 20.6. The van der Waals surface area contributed by atoms with Crippen LogP contribution >= 0.6 is 0 Å². The number of alkyl halides is 1. The second-order valence-electron chi connectivity index (χ2n) is 16.9. The maximum absolute atomic E-state index is 14.7. The summed E-state index contributed by atoms with van der Waals surface area (Å²) < 4.78 is 34.9. The van der Waals surface area contributed by atoms with Gasteiger partial charge in [-0.05, 0) is 119 Å². The number of anilines is 1. The molecule has 3 aromatic rings. The van der Waals surface area contributed by atoms with Crippen LogP contribution in [0.25, 0.3) is 11.1 Å². The molecule has 2 aromatic carbocycles. The van der Waals surface area contributed by atoms with Crippen molar-refractivity contribution in [1.29, 1.82) is 0 Å². The Morgan fingerprint density at radius 1 is 1.02 bits per heavy atom. The van der Waals surface area contributed by atoms with E-state index in [4.69, 9.17) is 9.72 Å². The first-order chi connectivity index (χ1) is 24.1. The second-order valence-corrected chi connectivity index (χ2v) is 16.9. The molecule has 3 aliphatic rings. The largest absolute Gasteiger partial charge is 0.479 e. The Labute approximate surface area is 303 Å². The van der Waals surface area contributed by atoms with Crippen LogP contribution in [0, 0.1) is 25.1 Å². The number of hydrogen-bond acceptors (Lipinski definition) is 6. The Balaban J connectivity index is 1.47. The van der Waals surface area contributed by atoms with E-state index in [1.54, 1.807) is 6.07 Å². The standard InChI is InChI=1S/C42H56F2N4O3/c1-27-21-33(43)13-12-31(27)23-47-18-14-29-22-30(10-11-32(29)24-47)37-35(26-46-17-8-9-34(44)25-46)45-28(2)36(39(40(49)50)51-41(3,4)5)38(37)48-19-15-42(6,7)16-20-48/h10-13,21-22,34,39H,8-9,14-20,23-26H2,1-7H3,(H,49,50). The van der Waals surface area contributed by atoms with Crippen molar-refractivity contribution in [2.75, 3.05) is 37.6 Å². The van der Waals surface area contributed by atoms with Gasteiger partial charge in [0.15, 0.2) is 6.10 Å². The van der Waals surface area contributed by atoms with Gasteiger partial charge in [0.2, 0.25) is 0 Å². The van der Waals surface area contributed by atoms with Gasteiger partial charge in [0.25, 0.3) is 0 Å². The number of piperidine rings is 2. The lowest BCUT2D eigenvalue weighted by molar-refractivity contribution is -0.160. The van der Waals surface area contributed by atoms with Gasteiger partial charge >= 0.3 is 5.97 Å². The number of carboxylic acid groups (broad SMARTS) is 1. The number of benzene rings is 2. The number of fused-ring (bicyclic) bond motifs is 1. The number of nitrogens with zero attached hydrogens (tertiary/aromatic N) is 4.